The monoisotopic (exact) mass is 318 g/mol. The maximum Gasteiger partial charge on any atom is 0.256 e. The molecule has 0 atom stereocenters. The zero-order valence-corrected chi connectivity index (χ0v) is 13.8. The summed E-state index contributed by atoms with van der Waals surface area (Å²) in [5, 5.41) is 1.72. The van der Waals surface area contributed by atoms with Gasteiger partial charge >= 0.3 is 0 Å². The molecular formula is C21H22N2O. The third-order valence-electron chi connectivity index (χ3n) is 4.87. The number of likely N-dealkylation sites (tertiary alicyclic amines) is 1. The number of benzene rings is 2. The zero-order chi connectivity index (χ0) is 16.4. The molecule has 1 fully saturated rings. The number of H-pyrrole nitrogens is 1. The third-order valence-corrected chi connectivity index (χ3v) is 4.87. The average molecular weight is 318 g/mol. The van der Waals surface area contributed by atoms with Crippen LogP contribution in [0.4, 0.5) is 0 Å². The summed E-state index contributed by atoms with van der Waals surface area (Å²) in [6.45, 7) is 3.44. The number of nitrogens with zero attached hydrogens (tertiary/aromatic N) is 1. The highest BCUT2D eigenvalue weighted by atomic mass is 16.1. The van der Waals surface area contributed by atoms with E-state index < -0.39 is 0 Å². The van der Waals surface area contributed by atoms with Gasteiger partial charge in [-0.25, -0.2) is 0 Å². The van der Waals surface area contributed by atoms with Crippen LogP contribution in [0.5, 0.6) is 0 Å². The second-order valence-electron chi connectivity index (χ2n) is 6.63. The Morgan fingerprint density at radius 1 is 0.917 bits per heavy atom. The molecule has 1 aromatic heterocycles. The predicted octanol–water partition coefficient (Wildman–Crippen LogP) is 4.18. The number of nitrogens with one attached hydrogen (secondary N) is 1. The Bertz CT molecular complexity index is 890. The van der Waals surface area contributed by atoms with Crippen molar-refractivity contribution >= 4 is 10.8 Å². The van der Waals surface area contributed by atoms with Crippen molar-refractivity contribution in [1.82, 2.24) is 9.88 Å². The molecule has 2 aromatic carbocycles. The number of hydrogen-bond donors (Lipinski definition) is 1. The van der Waals surface area contributed by atoms with E-state index in [4.69, 9.17) is 0 Å². The lowest BCUT2D eigenvalue weighted by atomic mass is 10.0. The van der Waals surface area contributed by atoms with Crippen LogP contribution in [0.25, 0.3) is 22.0 Å². The molecule has 122 valence electrons. The van der Waals surface area contributed by atoms with Gasteiger partial charge in [-0.05, 0) is 54.6 Å². The largest absolute Gasteiger partial charge is 0.321 e. The minimum absolute atomic E-state index is 0.0273. The molecule has 3 nitrogen and oxygen atoms in total. The van der Waals surface area contributed by atoms with E-state index in [-0.39, 0.29) is 5.56 Å². The van der Waals surface area contributed by atoms with Crippen molar-refractivity contribution in [2.75, 3.05) is 13.1 Å². The first kappa shape index (κ1) is 15.2. The molecule has 0 unspecified atom stereocenters. The fraction of sp³-hybridized carbons (Fsp3) is 0.286. The van der Waals surface area contributed by atoms with Crippen molar-refractivity contribution in [2.24, 2.45) is 0 Å². The maximum absolute atomic E-state index is 12.2. The molecule has 0 aliphatic carbocycles. The topological polar surface area (TPSA) is 36.1 Å². The van der Waals surface area contributed by atoms with E-state index in [0.717, 1.165) is 28.6 Å². The molecule has 0 bridgehead atoms. The fourth-order valence-electron chi connectivity index (χ4n) is 3.53. The van der Waals surface area contributed by atoms with Crippen molar-refractivity contribution < 1.29 is 0 Å². The molecule has 1 aliphatic heterocycles. The van der Waals surface area contributed by atoms with Gasteiger partial charge in [0.15, 0.2) is 0 Å². The standard InChI is InChI=1S/C21H22N2O/c24-21-19-7-3-2-6-18(19)14-20(22-21)17-10-8-16(9-11-17)15-23-12-4-1-5-13-23/h2-3,6-11,14H,1,4-5,12-13,15H2,(H,22,24). The Morgan fingerprint density at radius 3 is 2.46 bits per heavy atom. The molecule has 1 N–H and O–H groups in total. The quantitative estimate of drug-likeness (QED) is 0.786. The van der Waals surface area contributed by atoms with Crippen LogP contribution in [0.3, 0.4) is 0 Å². The van der Waals surface area contributed by atoms with E-state index in [1.807, 2.05) is 24.3 Å². The summed E-state index contributed by atoms with van der Waals surface area (Å²) in [5.74, 6) is 0. The summed E-state index contributed by atoms with van der Waals surface area (Å²) in [5.41, 5.74) is 3.24. The molecule has 2 heterocycles. The Labute approximate surface area is 141 Å². The highest BCUT2D eigenvalue weighted by Gasteiger charge is 2.10. The molecule has 4 rings (SSSR count). The van der Waals surface area contributed by atoms with Gasteiger partial charge in [-0.1, -0.05) is 48.9 Å². The first-order valence-corrected chi connectivity index (χ1v) is 8.73. The van der Waals surface area contributed by atoms with Crippen LogP contribution in [0, 0.1) is 0 Å². The first-order chi connectivity index (χ1) is 11.8. The van der Waals surface area contributed by atoms with Crippen molar-refractivity contribution in [1.29, 1.82) is 0 Å². The summed E-state index contributed by atoms with van der Waals surface area (Å²) in [7, 11) is 0. The first-order valence-electron chi connectivity index (χ1n) is 8.73. The van der Waals surface area contributed by atoms with E-state index >= 15 is 0 Å². The number of rotatable bonds is 3. The molecule has 3 heteroatoms. The molecule has 0 saturated carbocycles. The van der Waals surface area contributed by atoms with E-state index in [9.17, 15) is 4.79 Å². The van der Waals surface area contributed by atoms with Gasteiger partial charge in [-0.15, -0.1) is 0 Å². The highest BCUT2D eigenvalue weighted by molar-refractivity contribution is 5.84. The third kappa shape index (κ3) is 3.13. The van der Waals surface area contributed by atoms with Crippen LogP contribution in [0.15, 0.2) is 59.4 Å². The van der Waals surface area contributed by atoms with Gasteiger partial charge in [0.1, 0.15) is 0 Å². The minimum Gasteiger partial charge on any atom is -0.321 e. The van der Waals surface area contributed by atoms with Gasteiger partial charge in [0.05, 0.1) is 0 Å². The number of hydrogen-bond acceptors (Lipinski definition) is 2. The zero-order valence-electron chi connectivity index (χ0n) is 13.8. The van der Waals surface area contributed by atoms with Gasteiger partial charge < -0.3 is 4.98 Å². The SMILES string of the molecule is O=c1[nH]c(-c2ccc(CN3CCCCC3)cc2)cc2ccccc12. The lowest BCUT2D eigenvalue weighted by Crippen LogP contribution is -2.29. The fourth-order valence-corrected chi connectivity index (χ4v) is 3.53. The van der Waals surface area contributed by atoms with Gasteiger partial charge in [-0.2, -0.15) is 0 Å². The molecule has 0 radical (unpaired) electrons. The predicted molar refractivity (Wildman–Crippen MR) is 99.1 cm³/mol. The summed E-state index contributed by atoms with van der Waals surface area (Å²) >= 11 is 0. The Kier molecular flexibility index (Phi) is 4.18. The molecule has 0 spiro atoms. The van der Waals surface area contributed by atoms with Crippen LogP contribution in [0.2, 0.25) is 0 Å². The molecule has 1 saturated heterocycles. The van der Waals surface area contributed by atoms with Crippen molar-refractivity contribution in [2.45, 2.75) is 25.8 Å². The molecule has 1 aliphatic rings. The number of pyridine rings is 1. The Hall–Kier alpha value is -2.39. The number of aromatic amines is 1. The van der Waals surface area contributed by atoms with Crippen LogP contribution >= 0.6 is 0 Å². The number of piperidine rings is 1. The molecule has 0 amide bonds. The van der Waals surface area contributed by atoms with Crippen LogP contribution in [-0.4, -0.2) is 23.0 Å². The Morgan fingerprint density at radius 2 is 1.67 bits per heavy atom. The molecular weight excluding hydrogens is 296 g/mol. The lowest BCUT2D eigenvalue weighted by Gasteiger charge is -2.26. The van der Waals surface area contributed by atoms with Gasteiger partial charge in [0.25, 0.3) is 5.56 Å². The maximum atomic E-state index is 12.2. The van der Waals surface area contributed by atoms with Gasteiger partial charge in [-0.3, -0.25) is 9.69 Å². The Balaban J connectivity index is 1.59. The van der Waals surface area contributed by atoms with Gasteiger partial charge in [0.2, 0.25) is 0 Å². The summed E-state index contributed by atoms with van der Waals surface area (Å²) in [4.78, 5) is 17.8. The number of aromatic nitrogens is 1. The van der Waals surface area contributed by atoms with Gasteiger partial charge in [0, 0.05) is 17.6 Å². The van der Waals surface area contributed by atoms with E-state index in [2.05, 4.69) is 40.2 Å². The molecule has 3 aromatic rings. The van der Waals surface area contributed by atoms with E-state index in [1.165, 1.54) is 37.9 Å². The lowest BCUT2D eigenvalue weighted by molar-refractivity contribution is 0.221. The highest BCUT2D eigenvalue weighted by Crippen LogP contribution is 2.21. The average Bonchev–Trinajstić information content (AvgIpc) is 2.63. The normalized spacial score (nSPS) is 15.7. The minimum atomic E-state index is -0.0273. The number of fused-ring (bicyclic) bond motifs is 1. The van der Waals surface area contributed by atoms with Crippen LogP contribution in [-0.2, 0) is 6.54 Å². The summed E-state index contributed by atoms with van der Waals surface area (Å²) < 4.78 is 0. The summed E-state index contributed by atoms with van der Waals surface area (Å²) in [6, 6.07) is 18.3. The smallest absolute Gasteiger partial charge is 0.256 e. The van der Waals surface area contributed by atoms with E-state index in [0.29, 0.717) is 0 Å². The second-order valence-corrected chi connectivity index (χ2v) is 6.63. The summed E-state index contributed by atoms with van der Waals surface area (Å²) in [6.07, 6.45) is 4.00. The van der Waals surface area contributed by atoms with Crippen LogP contribution < -0.4 is 5.56 Å². The van der Waals surface area contributed by atoms with Crippen molar-refractivity contribution in [3.05, 3.63) is 70.5 Å². The molecule has 24 heavy (non-hydrogen) atoms. The van der Waals surface area contributed by atoms with Crippen LogP contribution in [0.1, 0.15) is 24.8 Å². The van der Waals surface area contributed by atoms with E-state index in [1.54, 1.807) is 0 Å². The van der Waals surface area contributed by atoms with Crippen molar-refractivity contribution in [3.8, 4) is 11.3 Å². The van der Waals surface area contributed by atoms with Crippen molar-refractivity contribution in [3.63, 3.8) is 0 Å². The second kappa shape index (κ2) is 6.62.